The lowest BCUT2D eigenvalue weighted by Gasteiger charge is -2.18. The molecule has 1 saturated heterocycles. The number of nitrogens with zero attached hydrogens (tertiary/aromatic N) is 8. The second-order valence-corrected chi connectivity index (χ2v) is 9.42. The maximum Gasteiger partial charge on any atom is 0.258 e. The largest absolute Gasteiger partial charge is 0.387 e. The maximum atomic E-state index is 10.9. The van der Waals surface area contributed by atoms with E-state index < -0.39 is 24.5 Å². The zero-order valence-corrected chi connectivity index (χ0v) is 21.9. The molecule has 4 aromatic rings. The van der Waals surface area contributed by atoms with E-state index in [0.29, 0.717) is 48.1 Å². The molecule has 5 heterocycles. The molecule has 204 valence electrons. The van der Waals surface area contributed by atoms with Gasteiger partial charge >= 0.3 is 0 Å². The molecule has 1 fully saturated rings. The van der Waals surface area contributed by atoms with Gasteiger partial charge in [0.1, 0.15) is 12.2 Å². The van der Waals surface area contributed by atoms with E-state index in [0.717, 1.165) is 18.5 Å². The lowest BCUT2D eigenvalue weighted by atomic mass is 10.1. The number of hydrogen-bond donors (Lipinski definition) is 4. The summed E-state index contributed by atoms with van der Waals surface area (Å²) in [7, 11) is 1.93. The molecule has 0 unspecified atom stereocenters. The fourth-order valence-corrected chi connectivity index (χ4v) is 4.49. The summed E-state index contributed by atoms with van der Waals surface area (Å²) in [6, 6.07) is 0.199. The summed E-state index contributed by atoms with van der Waals surface area (Å²) in [5, 5.41) is 32.3. The molecule has 4 aromatic heterocycles. The zero-order chi connectivity index (χ0) is 26.8. The number of aromatic nitrogens is 8. The van der Waals surface area contributed by atoms with E-state index in [2.05, 4.69) is 44.6 Å². The molecule has 0 saturated carbocycles. The van der Waals surface area contributed by atoms with Gasteiger partial charge in [-0.05, 0) is 12.8 Å². The van der Waals surface area contributed by atoms with Crippen LogP contribution in [0.15, 0.2) is 23.4 Å². The Kier molecular flexibility index (Phi) is 7.53. The van der Waals surface area contributed by atoms with Crippen molar-refractivity contribution in [3.63, 3.8) is 0 Å². The summed E-state index contributed by atoms with van der Waals surface area (Å²) in [6.45, 7) is 6.68. The van der Waals surface area contributed by atoms with E-state index in [-0.39, 0.29) is 11.9 Å². The summed E-state index contributed by atoms with van der Waals surface area (Å²) in [4.78, 5) is 22.6. The maximum absolute atomic E-state index is 10.9. The molecule has 0 bridgehead atoms. The highest BCUT2D eigenvalue weighted by molar-refractivity contribution is 5.84. The van der Waals surface area contributed by atoms with Crippen LogP contribution >= 0.6 is 0 Å². The fraction of sp³-hybridized carbons (Fsp3) is 0.583. The van der Waals surface area contributed by atoms with Gasteiger partial charge in [-0.15, -0.1) is 0 Å². The van der Waals surface area contributed by atoms with Crippen molar-refractivity contribution in [2.45, 2.75) is 77.0 Å². The van der Waals surface area contributed by atoms with Crippen LogP contribution in [0.25, 0.3) is 11.2 Å². The van der Waals surface area contributed by atoms with Crippen molar-refractivity contribution in [3.8, 4) is 0 Å². The van der Waals surface area contributed by atoms with Gasteiger partial charge in [0.15, 0.2) is 35.1 Å². The van der Waals surface area contributed by atoms with Crippen molar-refractivity contribution in [1.29, 1.82) is 0 Å². The summed E-state index contributed by atoms with van der Waals surface area (Å²) in [6.07, 6.45) is 3.83. The van der Waals surface area contributed by atoms with Crippen LogP contribution in [0, 0.1) is 0 Å². The number of ether oxygens (including phenoxy) is 1. The monoisotopic (exact) mass is 526 g/mol. The first-order valence-corrected chi connectivity index (χ1v) is 13.0. The number of anilines is 2. The average molecular weight is 527 g/mol. The Balaban J connectivity index is 1.45. The van der Waals surface area contributed by atoms with Crippen molar-refractivity contribution in [3.05, 3.63) is 36.3 Å². The highest BCUT2D eigenvalue weighted by Crippen LogP contribution is 2.39. The van der Waals surface area contributed by atoms with Gasteiger partial charge in [-0.1, -0.05) is 25.9 Å². The number of fused-ring (bicyclic) bond motifs is 1. The predicted octanol–water partition coefficient (Wildman–Crippen LogP) is 1.75. The smallest absolute Gasteiger partial charge is 0.258 e. The molecular formula is C24H34N10O4. The van der Waals surface area contributed by atoms with E-state index in [9.17, 15) is 10.2 Å². The van der Waals surface area contributed by atoms with Crippen molar-refractivity contribution in [2.75, 3.05) is 17.2 Å². The third kappa shape index (κ3) is 5.06. The summed E-state index contributed by atoms with van der Waals surface area (Å²) in [5.74, 6) is 1.59. The first kappa shape index (κ1) is 26.0. The van der Waals surface area contributed by atoms with Crippen LogP contribution in [-0.4, -0.2) is 74.2 Å². The minimum atomic E-state index is -1.28. The summed E-state index contributed by atoms with van der Waals surface area (Å²) >= 11 is 0. The second kappa shape index (κ2) is 11.0. The number of hydrogen-bond acceptors (Lipinski definition) is 12. The van der Waals surface area contributed by atoms with Crippen LogP contribution in [0.1, 0.15) is 63.4 Å². The minimum absolute atomic E-state index is 0.114. The van der Waals surface area contributed by atoms with E-state index in [1.165, 1.54) is 6.33 Å². The first-order valence-electron chi connectivity index (χ1n) is 13.0. The third-order valence-electron chi connectivity index (χ3n) is 6.73. The summed E-state index contributed by atoms with van der Waals surface area (Å²) < 4.78 is 14.8. The van der Waals surface area contributed by atoms with Gasteiger partial charge in [-0.2, -0.15) is 15.0 Å². The molecule has 0 aromatic carbocycles. The lowest BCUT2D eigenvalue weighted by molar-refractivity contribution is -0.0451. The van der Waals surface area contributed by atoms with Gasteiger partial charge in [0, 0.05) is 38.7 Å². The number of rotatable bonds is 11. The van der Waals surface area contributed by atoms with Gasteiger partial charge in [-0.25, -0.2) is 9.97 Å². The number of nitrogens with one attached hydrogen (secondary N) is 2. The van der Waals surface area contributed by atoms with E-state index >= 15 is 0 Å². The average Bonchev–Trinajstić information content (AvgIpc) is 3.71. The van der Waals surface area contributed by atoms with Crippen molar-refractivity contribution >= 4 is 22.9 Å². The first-order chi connectivity index (χ1) is 18.4. The van der Waals surface area contributed by atoms with Gasteiger partial charge in [0.05, 0.1) is 18.3 Å². The molecule has 0 spiro atoms. The molecule has 0 aliphatic carbocycles. The molecule has 5 rings (SSSR count). The van der Waals surface area contributed by atoms with Crippen molar-refractivity contribution in [2.24, 2.45) is 7.05 Å². The molecule has 4 N–H and O–H groups in total. The highest BCUT2D eigenvalue weighted by Gasteiger charge is 2.47. The Morgan fingerprint density at radius 2 is 1.87 bits per heavy atom. The van der Waals surface area contributed by atoms with Crippen LogP contribution in [0.3, 0.4) is 0 Å². The molecule has 4 atom stereocenters. The topological polar surface area (TPSA) is 174 Å². The van der Waals surface area contributed by atoms with Gasteiger partial charge in [0.2, 0.25) is 5.95 Å². The molecule has 1 aliphatic heterocycles. The van der Waals surface area contributed by atoms with Crippen molar-refractivity contribution < 1.29 is 19.5 Å². The second-order valence-electron chi connectivity index (χ2n) is 9.42. The van der Waals surface area contributed by atoms with Crippen molar-refractivity contribution in [1.82, 2.24) is 39.2 Å². The molecule has 14 nitrogen and oxygen atoms in total. The van der Waals surface area contributed by atoms with E-state index in [1.54, 1.807) is 10.9 Å². The standard InChI is InChI=1S/C24H34N10O4/c1-5-13(6-2)28-20-16-21(31-24(30-20)25-9-8-14-10-33(4)11-26-14)34(12-27-16)23-18(36)17(35)19(37-23)22-29-15(7-3)32-38-22/h10-13,17-19,23,35-36H,5-9H2,1-4H3,(H2,25,28,30,31)/t17-,18+,19-,23+/m0/s1. The molecule has 38 heavy (non-hydrogen) atoms. The summed E-state index contributed by atoms with van der Waals surface area (Å²) in [5.41, 5.74) is 1.94. The van der Waals surface area contributed by atoms with E-state index in [1.807, 2.05) is 24.7 Å². The zero-order valence-electron chi connectivity index (χ0n) is 21.9. The Morgan fingerprint density at radius 3 is 2.55 bits per heavy atom. The molecule has 1 aliphatic rings. The quantitative estimate of drug-likeness (QED) is 0.223. The third-order valence-corrected chi connectivity index (χ3v) is 6.73. The van der Waals surface area contributed by atoms with Crippen LogP contribution in [0.5, 0.6) is 0 Å². The lowest BCUT2D eigenvalue weighted by Crippen LogP contribution is -2.29. The fourth-order valence-electron chi connectivity index (χ4n) is 4.49. The molecule has 14 heteroatoms. The predicted molar refractivity (Wildman–Crippen MR) is 137 cm³/mol. The molecule has 0 amide bonds. The Bertz CT molecular complexity index is 1360. The molecule has 0 radical (unpaired) electrons. The SMILES string of the molecule is CCc1noc([C@H]2O[C@@H](n3cnc4c(NC(CC)CC)nc(NCCc5cn(C)cn5)nc43)[C@H](O)[C@@H]2O)n1. The minimum Gasteiger partial charge on any atom is -0.387 e. The normalized spacial score (nSPS) is 21.6. The van der Waals surface area contributed by atoms with Gasteiger partial charge < -0.3 is 34.7 Å². The number of aliphatic hydroxyl groups is 2. The van der Waals surface area contributed by atoms with Crippen LogP contribution in [0.2, 0.25) is 0 Å². The number of aryl methyl sites for hydroxylation is 2. The van der Waals surface area contributed by atoms with Crippen LogP contribution in [0.4, 0.5) is 11.8 Å². The Labute approximate surface area is 219 Å². The Hall–Kier alpha value is -3.62. The highest BCUT2D eigenvalue weighted by atomic mass is 16.6. The van der Waals surface area contributed by atoms with Crippen LogP contribution < -0.4 is 10.6 Å². The molecular weight excluding hydrogens is 492 g/mol. The number of imidazole rings is 2. The van der Waals surface area contributed by atoms with E-state index in [4.69, 9.17) is 19.2 Å². The number of aliphatic hydroxyl groups excluding tert-OH is 2. The van der Waals surface area contributed by atoms with Gasteiger partial charge in [0.25, 0.3) is 5.89 Å². The van der Waals surface area contributed by atoms with Gasteiger partial charge in [-0.3, -0.25) is 4.57 Å². The van der Waals surface area contributed by atoms with Crippen LogP contribution in [-0.2, 0) is 24.6 Å². The Morgan fingerprint density at radius 1 is 1.05 bits per heavy atom.